The zero-order valence-electron chi connectivity index (χ0n) is 19.4. The second-order valence-corrected chi connectivity index (χ2v) is 8.28. The fraction of sp³-hybridized carbons (Fsp3) is 0.241. The van der Waals surface area contributed by atoms with Gasteiger partial charge in [0.05, 0.1) is 18.8 Å². The number of hydrogen-bond acceptors (Lipinski definition) is 4. The van der Waals surface area contributed by atoms with Gasteiger partial charge in [0.15, 0.2) is 11.5 Å². The quantitative estimate of drug-likeness (QED) is 0.328. The molecule has 1 amide bonds. The highest BCUT2D eigenvalue weighted by Crippen LogP contribution is 2.30. The summed E-state index contributed by atoms with van der Waals surface area (Å²) in [5.41, 5.74) is 3.98. The van der Waals surface area contributed by atoms with Crippen molar-refractivity contribution in [3.8, 4) is 17.6 Å². The monoisotopic (exact) mass is 452 g/mol. The highest BCUT2D eigenvalue weighted by Gasteiger charge is 2.18. The Hall–Kier alpha value is -4.04. The third-order valence-electron chi connectivity index (χ3n) is 5.94. The van der Waals surface area contributed by atoms with Crippen molar-refractivity contribution in [2.45, 2.75) is 25.9 Å². The summed E-state index contributed by atoms with van der Waals surface area (Å²) in [7, 11) is 1.60. The third kappa shape index (κ3) is 5.65. The van der Waals surface area contributed by atoms with Crippen molar-refractivity contribution < 1.29 is 14.3 Å². The lowest BCUT2D eigenvalue weighted by molar-refractivity contribution is 0.0724. The molecule has 0 N–H and O–H groups in total. The summed E-state index contributed by atoms with van der Waals surface area (Å²) in [6.07, 6.45) is 5.20. The van der Waals surface area contributed by atoms with Gasteiger partial charge in [0.2, 0.25) is 0 Å². The second kappa shape index (κ2) is 11.2. The van der Waals surface area contributed by atoms with Gasteiger partial charge in [0.1, 0.15) is 6.61 Å². The molecule has 0 unspecified atom stereocenters. The molecular formula is C29H28N2O3. The highest BCUT2D eigenvalue weighted by atomic mass is 16.5. The Labute approximate surface area is 200 Å². The number of amides is 1. The molecule has 0 saturated carbocycles. The van der Waals surface area contributed by atoms with E-state index in [2.05, 4.69) is 6.07 Å². The number of piperidine rings is 1. The lowest BCUT2D eigenvalue weighted by Crippen LogP contribution is -2.35. The molecule has 1 aliphatic rings. The molecule has 3 aromatic rings. The summed E-state index contributed by atoms with van der Waals surface area (Å²) in [5, 5.41) is 9.56. The molecule has 3 aromatic carbocycles. The van der Waals surface area contributed by atoms with Crippen molar-refractivity contribution in [3.63, 3.8) is 0 Å². The van der Waals surface area contributed by atoms with Crippen LogP contribution in [0.15, 0.2) is 72.8 Å². The van der Waals surface area contributed by atoms with Crippen LogP contribution in [-0.4, -0.2) is 31.0 Å². The number of nitrogens with zero attached hydrogens (tertiary/aromatic N) is 2. The molecular weight excluding hydrogens is 424 g/mol. The van der Waals surface area contributed by atoms with E-state index in [1.54, 1.807) is 7.11 Å². The topological polar surface area (TPSA) is 62.6 Å². The number of likely N-dealkylation sites (tertiary alicyclic amines) is 1. The predicted octanol–water partition coefficient (Wildman–Crippen LogP) is 5.96. The van der Waals surface area contributed by atoms with Crippen molar-refractivity contribution in [3.05, 3.63) is 95.1 Å². The normalized spacial score (nSPS) is 13.8. The van der Waals surface area contributed by atoms with Crippen LogP contribution in [0.4, 0.5) is 0 Å². The molecule has 1 fully saturated rings. The second-order valence-electron chi connectivity index (χ2n) is 8.28. The van der Waals surface area contributed by atoms with E-state index < -0.39 is 0 Å². The molecule has 0 aromatic heterocycles. The SMILES string of the molecule is COc1cc(/C=C(\C#N)c2ccccc2)ccc1OCc1ccc(C(=O)N2CCCCC2)cc1. The Bertz CT molecular complexity index is 1190. The number of carbonyl (C=O) groups excluding carboxylic acids is 1. The average Bonchev–Trinajstić information content (AvgIpc) is 2.91. The van der Waals surface area contributed by atoms with E-state index in [-0.39, 0.29) is 5.91 Å². The van der Waals surface area contributed by atoms with E-state index in [9.17, 15) is 10.1 Å². The maximum atomic E-state index is 12.6. The molecule has 0 radical (unpaired) electrons. The number of rotatable bonds is 7. The van der Waals surface area contributed by atoms with E-state index in [1.165, 1.54) is 6.42 Å². The molecule has 34 heavy (non-hydrogen) atoms. The standard InChI is InChI=1S/C29H28N2O3/c1-33-28-19-23(18-26(20-30)24-8-4-2-5-9-24)12-15-27(28)34-21-22-10-13-25(14-11-22)29(32)31-16-6-3-7-17-31/h2,4-5,8-15,18-19H,3,6-7,16-17,21H2,1H3/b26-18+. The Kier molecular flexibility index (Phi) is 7.62. The minimum atomic E-state index is 0.102. The van der Waals surface area contributed by atoms with Crippen molar-refractivity contribution in [1.82, 2.24) is 4.90 Å². The molecule has 0 atom stereocenters. The van der Waals surface area contributed by atoms with Crippen LogP contribution >= 0.6 is 0 Å². The van der Waals surface area contributed by atoms with Crippen molar-refractivity contribution >= 4 is 17.6 Å². The summed E-state index contributed by atoms with van der Waals surface area (Å²) in [4.78, 5) is 14.6. The first-order valence-corrected chi connectivity index (χ1v) is 11.5. The highest BCUT2D eigenvalue weighted by molar-refractivity contribution is 5.94. The molecule has 0 spiro atoms. The van der Waals surface area contributed by atoms with Gasteiger partial charge in [-0.15, -0.1) is 0 Å². The van der Waals surface area contributed by atoms with Gasteiger partial charge in [0, 0.05) is 18.7 Å². The Morgan fingerprint density at radius 1 is 0.941 bits per heavy atom. The van der Waals surface area contributed by atoms with E-state index >= 15 is 0 Å². The fourth-order valence-corrected chi connectivity index (χ4v) is 4.04. The molecule has 0 bridgehead atoms. The van der Waals surface area contributed by atoms with Crippen LogP contribution in [0.25, 0.3) is 11.6 Å². The number of methoxy groups -OCH3 is 1. The van der Waals surface area contributed by atoms with Crippen molar-refractivity contribution in [1.29, 1.82) is 5.26 Å². The van der Waals surface area contributed by atoms with E-state index in [0.717, 1.165) is 42.6 Å². The summed E-state index contributed by atoms with van der Waals surface area (Å²) < 4.78 is 11.5. The van der Waals surface area contributed by atoms with Gasteiger partial charge < -0.3 is 14.4 Å². The van der Waals surface area contributed by atoms with E-state index in [0.29, 0.717) is 29.2 Å². The number of benzene rings is 3. The van der Waals surface area contributed by atoms with Crippen LogP contribution in [0.2, 0.25) is 0 Å². The Balaban J connectivity index is 1.42. The van der Waals surface area contributed by atoms with Crippen molar-refractivity contribution in [2.24, 2.45) is 0 Å². The summed E-state index contributed by atoms with van der Waals surface area (Å²) >= 11 is 0. The third-order valence-corrected chi connectivity index (χ3v) is 5.94. The summed E-state index contributed by atoms with van der Waals surface area (Å²) in [6, 6.07) is 25.0. The molecule has 1 saturated heterocycles. The maximum Gasteiger partial charge on any atom is 0.253 e. The zero-order chi connectivity index (χ0) is 23.8. The molecule has 1 aliphatic heterocycles. The molecule has 5 nitrogen and oxygen atoms in total. The van der Waals surface area contributed by atoms with Crippen molar-refractivity contribution in [2.75, 3.05) is 20.2 Å². The summed E-state index contributed by atoms with van der Waals surface area (Å²) in [6.45, 7) is 2.04. The first-order chi connectivity index (χ1) is 16.7. The lowest BCUT2D eigenvalue weighted by atomic mass is 10.0. The van der Waals surface area contributed by atoms with E-state index in [4.69, 9.17) is 9.47 Å². The molecule has 172 valence electrons. The number of nitriles is 1. The van der Waals surface area contributed by atoms with Crippen LogP contribution in [0.1, 0.15) is 46.3 Å². The lowest BCUT2D eigenvalue weighted by Gasteiger charge is -2.26. The largest absolute Gasteiger partial charge is 0.493 e. The van der Waals surface area contributed by atoms with Crippen LogP contribution < -0.4 is 9.47 Å². The average molecular weight is 453 g/mol. The van der Waals surface area contributed by atoms with Gasteiger partial charge in [-0.3, -0.25) is 4.79 Å². The number of hydrogen-bond donors (Lipinski definition) is 0. The van der Waals surface area contributed by atoms with Crippen LogP contribution in [0, 0.1) is 11.3 Å². The minimum absolute atomic E-state index is 0.102. The van der Waals surface area contributed by atoms with Gasteiger partial charge in [-0.25, -0.2) is 0 Å². The number of allylic oxidation sites excluding steroid dienone is 1. The maximum absolute atomic E-state index is 12.6. The fourth-order valence-electron chi connectivity index (χ4n) is 4.04. The number of carbonyl (C=O) groups is 1. The van der Waals surface area contributed by atoms with Gasteiger partial charge in [-0.1, -0.05) is 48.5 Å². The van der Waals surface area contributed by atoms with Gasteiger partial charge in [-0.2, -0.15) is 5.26 Å². The summed E-state index contributed by atoms with van der Waals surface area (Å²) in [5.74, 6) is 1.31. The van der Waals surface area contributed by atoms with Crippen LogP contribution in [0.5, 0.6) is 11.5 Å². The van der Waals surface area contributed by atoms with Crippen LogP contribution in [0.3, 0.4) is 0 Å². The zero-order valence-corrected chi connectivity index (χ0v) is 19.4. The minimum Gasteiger partial charge on any atom is -0.493 e. The van der Waals surface area contributed by atoms with Gasteiger partial charge in [-0.05, 0) is 66.3 Å². The first-order valence-electron chi connectivity index (χ1n) is 11.5. The smallest absolute Gasteiger partial charge is 0.253 e. The molecule has 1 heterocycles. The predicted molar refractivity (Wildman–Crippen MR) is 133 cm³/mol. The van der Waals surface area contributed by atoms with E-state index in [1.807, 2.05) is 83.8 Å². The molecule has 5 heteroatoms. The number of ether oxygens (including phenoxy) is 2. The van der Waals surface area contributed by atoms with Crippen LogP contribution in [-0.2, 0) is 6.61 Å². The first kappa shape index (κ1) is 23.1. The van der Waals surface area contributed by atoms with Gasteiger partial charge in [0.25, 0.3) is 5.91 Å². The Morgan fingerprint density at radius 2 is 1.68 bits per heavy atom. The van der Waals surface area contributed by atoms with Gasteiger partial charge >= 0.3 is 0 Å². The molecule has 4 rings (SSSR count). The Morgan fingerprint density at radius 3 is 2.35 bits per heavy atom. The molecule has 0 aliphatic carbocycles.